The Kier molecular flexibility index (Phi) is 2.96. The largest absolute Gasteiger partial charge is 0.478 e. The zero-order valence-corrected chi connectivity index (χ0v) is 8.77. The number of rotatable bonds is 3. The van der Waals surface area contributed by atoms with Crippen molar-refractivity contribution in [2.24, 2.45) is 0 Å². The van der Waals surface area contributed by atoms with Gasteiger partial charge < -0.3 is 20.9 Å². The molecule has 16 heavy (non-hydrogen) atoms. The van der Waals surface area contributed by atoms with Crippen LogP contribution in [0.25, 0.3) is 0 Å². The number of nitrogen functional groups attached to an aromatic ring is 1. The van der Waals surface area contributed by atoms with Crippen LogP contribution in [0.1, 0.15) is 16.8 Å². The Bertz CT molecular complexity index is 400. The fourth-order valence-corrected chi connectivity index (χ4v) is 1.68. The third-order valence-corrected chi connectivity index (χ3v) is 2.59. The van der Waals surface area contributed by atoms with Gasteiger partial charge in [-0.05, 0) is 24.6 Å². The number of carboxylic acid groups (broad SMARTS) is 1. The van der Waals surface area contributed by atoms with Crippen LogP contribution in [-0.2, 0) is 4.74 Å². The number of ether oxygens (including phenoxy) is 1. The van der Waals surface area contributed by atoms with Crippen molar-refractivity contribution in [3.63, 3.8) is 0 Å². The molecule has 1 heterocycles. The van der Waals surface area contributed by atoms with E-state index < -0.39 is 5.97 Å². The van der Waals surface area contributed by atoms with Gasteiger partial charge in [0.2, 0.25) is 0 Å². The van der Waals surface area contributed by atoms with Crippen LogP contribution in [-0.4, -0.2) is 30.3 Å². The summed E-state index contributed by atoms with van der Waals surface area (Å²) < 4.78 is 5.23. The number of benzene rings is 1. The molecule has 0 amide bonds. The number of nitrogens with one attached hydrogen (secondary N) is 1. The van der Waals surface area contributed by atoms with Crippen LogP contribution in [0, 0.1) is 0 Å². The molecule has 1 aromatic carbocycles. The number of hydrogen-bond acceptors (Lipinski definition) is 4. The number of carbonyl (C=O) groups is 1. The summed E-state index contributed by atoms with van der Waals surface area (Å²) in [5.74, 6) is -0.953. The van der Waals surface area contributed by atoms with Crippen LogP contribution >= 0.6 is 0 Å². The maximum absolute atomic E-state index is 10.8. The van der Waals surface area contributed by atoms with Crippen molar-refractivity contribution >= 4 is 17.3 Å². The zero-order valence-electron chi connectivity index (χ0n) is 8.77. The van der Waals surface area contributed by atoms with Crippen molar-refractivity contribution in [2.45, 2.75) is 12.5 Å². The Hall–Kier alpha value is -1.75. The highest BCUT2D eigenvalue weighted by atomic mass is 16.5. The number of aromatic carboxylic acids is 1. The van der Waals surface area contributed by atoms with Crippen LogP contribution in [0.4, 0.5) is 11.4 Å². The maximum atomic E-state index is 10.8. The molecule has 1 aliphatic rings. The van der Waals surface area contributed by atoms with Gasteiger partial charge >= 0.3 is 5.97 Å². The molecule has 0 aliphatic carbocycles. The molecule has 1 fully saturated rings. The monoisotopic (exact) mass is 222 g/mol. The minimum absolute atomic E-state index is 0.214. The van der Waals surface area contributed by atoms with Gasteiger partial charge in [-0.25, -0.2) is 4.79 Å². The predicted molar refractivity (Wildman–Crippen MR) is 60.7 cm³/mol. The van der Waals surface area contributed by atoms with Crippen molar-refractivity contribution in [1.29, 1.82) is 0 Å². The Morgan fingerprint density at radius 3 is 3.00 bits per heavy atom. The summed E-state index contributed by atoms with van der Waals surface area (Å²) in [6.07, 6.45) is 0.913. The lowest BCUT2D eigenvalue weighted by Gasteiger charge is -2.14. The van der Waals surface area contributed by atoms with Crippen molar-refractivity contribution in [3.05, 3.63) is 23.8 Å². The van der Waals surface area contributed by atoms with E-state index in [0.29, 0.717) is 18.0 Å². The Morgan fingerprint density at radius 2 is 2.38 bits per heavy atom. The summed E-state index contributed by atoms with van der Waals surface area (Å²) in [5, 5.41) is 12.1. The van der Waals surface area contributed by atoms with Gasteiger partial charge in [-0.2, -0.15) is 0 Å². The van der Waals surface area contributed by atoms with Gasteiger partial charge in [-0.1, -0.05) is 0 Å². The lowest BCUT2D eigenvalue weighted by Crippen LogP contribution is -2.20. The van der Waals surface area contributed by atoms with E-state index in [4.69, 9.17) is 15.6 Å². The minimum Gasteiger partial charge on any atom is -0.478 e. The number of carboxylic acids is 1. The van der Waals surface area contributed by atoms with Gasteiger partial charge in [0.25, 0.3) is 0 Å². The molecule has 86 valence electrons. The molecule has 1 aromatic rings. The van der Waals surface area contributed by atoms with E-state index in [0.717, 1.165) is 13.0 Å². The average Bonchev–Trinajstić information content (AvgIpc) is 2.73. The van der Waals surface area contributed by atoms with Gasteiger partial charge in [0, 0.05) is 6.61 Å². The fourth-order valence-electron chi connectivity index (χ4n) is 1.68. The third-order valence-electron chi connectivity index (χ3n) is 2.59. The fraction of sp³-hybridized carbons (Fsp3) is 0.364. The number of hydrogen-bond donors (Lipinski definition) is 3. The Morgan fingerprint density at radius 1 is 1.56 bits per heavy atom. The average molecular weight is 222 g/mol. The third kappa shape index (κ3) is 2.25. The summed E-state index contributed by atoms with van der Waals surface area (Å²) in [6, 6.07) is 4.86. The summed E-state index contributed by atoms with van der Waals surface area (Å²) in [5.41, 5.74) is 7.22. The SMILES string of the molecule is Nc1ccc(C(=O)O)cc1NC1CCOC1. The van der Waals surface area contributed by atoms with Gasteiger partial charge in [0.1, 0.15) is 0 Å². The number of nitrogens with two attached hydrogens (primary N) is 1. The summed E-state index contributed by atoms with van der Waals surface area (Å²) in [6.45, 7) is 1.37. The molecular formula is C11H14N2O3. The topological polar surface area (TPSA) is 84.6 Å². The van der Waals surface area contributed by atoms with Crippen molar-refractivity contribution in [1.82, 2.24) is 0 Å². The standard InChI is InChI=1S/C11H14N2O3/c12-9-2-1-7(11(14)15)5-10(9)13-8-3-4-16-6-8/h1-2,5,8,13H,3-4,6,12H2,(H,14,15). The summed E-state index contributed by atoms with van der Waals surface area (Å²) in [7, 11) is 0. The first kappa shape index (κ1) is 10.8. The highest BCUT2D eigenvalue weighted by Crippen LogP contribution is 2.22. The second-order valence-electron chi connectivity index (χ2n) is 3.81. The van der Waals surface area contributed by atoms with Gasteiger partial charge in [0.15, 0.2) is 0 Å². The molecule has 1 aliphatic heterocycles. The molecule has 4 N–H and O–H groups in total. The molecule has 0 aromatic heterocycles. The van der Waals surface area contributed by atoms with E-state index in [9.17, 15) is 4.79 Å². The van der Waals surface area contributed by atoms with E-state index in [2.05, 4.69) is 5.32 Å². The van der Waals surface area contributed by atoms with E-state index in [1.165, 1.54) is 6.07 Å². The van der Waals surface area contributed by atoms with Crippen LogP contribution in [0.3, 0.4) is 0 Å². The van der Waals surface area contributed by atoms with E-state index in [1.807, 2.05) is 0 Å². The normalized spacial score (nSPS) is 19.6. The quantitative estimate of drug-likeness (QED) is 0.668. The summed E-state index contributed by atoms with van der Waals surface area (Å²) in [4.78, 5) is 10.8. The van der Waals surface area contributed by atoms with Crippen molar-refractivity contribution in [2.75, 3.05) is 24.3 Å². The summed E-state index contributed by atoms with van der Waals surface area (Å²) >= 11 is 0. The van der Waals surface area contributed by atoms with E-state index in [1.54, 1.807) is 12.1 Å². The van der Waals surface area contributed by atoms with E-state index in [-0.39, 0.29) is 11.6 Å². The highest BCUT2D eigenvalue weighted by Gasteiger charge is 2.16. The molecule has 0 bridgehead atoms. The van der Waals surface area contributed by atoms with Crippen molar-refractivity contribution in [3.8, 4) is 0 Å². The lowest BCUT2D eigenvalue weighted by molar-refractivity contribution is 0.0697. The van der Waals surface area contributed by atoms with Gasteiger partial charge in [0.05, 0.1) is 29.6 Å². The molecule has 1 unspecified atom stereocenters. The highest BCUT2D eigenvalue weighted by molar-refractivity contribution is 5.90. The van der Waals surface area contributed by atoms with Crippen molar-refractivity contribution < 1.29 is 14.6 Å². The molecule has 0 spiro atoms. The number of anilines is 2. The maximum Gasteiger partial charge on any atom is 0.335 e. The first-order valence-corrected chi connectivity index (χ1v) is 5.14. The smallest absolute Gasteiger partial charge is 0.335 e. The van der Waals surface area contributed by atoms with Gasteiger partial charge in [-0.3, -0.25) is 0 Å². The van der Waals surface area contributed by atoms with Crippen LogP contribution < -0.4 is 11.1 Å². The zero-order chi connectivity index (χ0) is 11.5. The predicted octanol–water partition coefficient (Wildman–Crippen LogP) is 1.17. The molecular weight excluding hydrogens is 208 g/mol. The molecule has 1 atom stereocenters. The minimum atomic E-state index is -0.953. The molecule has 5 heteroatoms. The molecule has 5 nitrogen and oxygen atoms in total. The molecule has 1 saturated heterocycles. The Balaban J connectivity index is 2.17. The molecule has 0 radical (unpaired) electrons. The van der Waals surface area contributed by atoms with Gasteiger partial charge in [-0.15, -0.1) is 0 Å². The van der Waals surface area contributed by atoms with E-state index >= 15 is 0 Å². The second kappa shape index (κ2) is 4.40. The second-order valence-corrected chi connectivity index (χ2v) is 3.81. The Labute approximate surface area is 93.2 Å². The first-order valence-electron chi connectivity index (χ1n) is 5.14. The van der Waals surface area contributed by atoms with Crippen LogP contribution in [0.15, 0.2) is 18.2 Å². The van der Waals surface area contributed by atoms with Crippen LogP contribution in [0.2, 0.25) is 0 Å². The first-order chi connectivity index (χ1) is 7.66. The lowest BCUT2D eigenvalue weighted by atomic mass is 10.1. The van der Waals surface area contributed by atoms with Crippen LogP contribution in [0.5, 0.6) is 0 Å². The molecule has 2 rings (SSSR count). The molecule has 0 saturated carbocycles.